The summed E-state index contributed by atoms with van der Waals surface area (Å²) in [6, 6.07) is 10.2. The van der Waals surface area contributed by atoms with Crippen molar-refractivity contribution >= 4 is 15.8 Å². The van der Waals surface area contributed by atoms with Crippen LogP contribution in [0.1, 0.15) is 38.8 Å². The first-order chi connectivity index (χ1) is 10.3. The molecule has 1 fully saturated rings. The Morgan fingerprint density at radius 1 is 1.27 bits per heavy atom. The fourth-order valence-corrected chi connectivity index (χ4v) is 4.11. The van der Waals surface area contributed by atoms with Gasteiger partial charge in [0.25, 0.3) is 0 Å². The van der Waals surface area contributed by atoms with Crippen LogP contribution in [0.15, 0.2) is 34.7 Å². The molecule has 1 aliphatic rings. The van der Waals surface area contributed by atoms with Gasteiger partial charge in [0.05, 0.1) is 9.73 Å². The van der Waals surface area contributed by atoms with Gasteiger partial charge in [0.1, 0.15) is 5.60 Å². The molecule has 0 aliphatic carbocycles. The smallest absolute Gasteiger partial charge is 0.442 e. The Morgan fingerprint density at radius 2 is 1.95 bits per heavy atom. The minimum Gasteiger partial charge on any atom is -0.442 e. The van der Waals surface area contributed by atoms with Gasteiger partial charge in [-0.3, -0.25) is 0 Å². The van der Waals surface area contributed by atoms with Crippen LogP contribution in [0.25, 0.3) is 0 Å². The topological polar surface area (TPSA) is 67.8 Å². The second-order valence-electron chi connectivity index (χ2n) is 6.46. The summed E-state index contributed by atoms with van der Waals surface area (Å²) in [6.45, 7) is 5.89. The lowest BCUT2D eigenvalue weighted by Crippen LogP contribution is -2.24. The fourth-order valence-electron chi connectivity index (χ4n) is 2.38. The van der Waals surface area contributed by atoms with E-state index in [-0.39, 0.29) is 6.04 Å². The van der Waals surface area contributed by atoms with E-state index in [0.717, 1.165) is 0 Å². The van der Waals surface area contributed by atoms with Gasteiger partial charge in [0.15, 0.2) is 0 Å². The standard InChI is InChI=1S/C16H24N2O3S/c1-16(2,3)21-15(19)18-22(20)11-9-14(17-10-12-22)13-7-5-4-6-8-13/h4-8,14,17H,9-12H2,1-3H3. The molecule has 0 spiro atoms. The van der Waals surface area contributed by atoms with Crippen molar-refractivity contribution in [2.75, 3.05) is 18.1 Å². The average Bonchev–Trinajstić information content (AvgIpc) is 2.59. The van der Waals surface area contributed by atoms with Crippen LogP contribution in [0.4, 0.5) is 4.79 Å². The maximum Gasteiger partial charge on any atom is 0.442 e. The number of amides is 1. The number of benzene rings is 1. The van der Waals surface area contributed by atoms with Crippen molar-refractivity contribution in [1.29, 1.82) is 0 Å². The molecule has 1 aromatic rings. The molecule has 1 saturated heterocycles. The summed E-state index contributed by atoms with van der Waals surface area (Å²) < 4.78 is 21.8. The maximum absolute atomic E-state index is 12.8. The van der Waals surface area contributed by atoms with Crippen molar-refractivity contribution < 1.29 is 13.7 Å². The molecule has 1 aliphatic heterocycles. The van der Waals surface area contributed by atoms with Gasteiger partial charge >= 0.3 is 6.09 Å². The van der Waals surface area contributed by atoms with Gasteiger partial charge < -0.3 is 10.1 Å². The van der Waals surface area contributed by atoms with E-state index in [1.165, 1.54) is 5.56 Å². The van der Waals surface area contributed by atoms with Gasteiger partial charge in [0, 0.05) is 24.1 Å². The van der Waals surface area contributed by atoms with Gasteiger partial charge in [-0.1, -0.05) is 30.3 Å². The van der Waals surface area contributed by atoms with Crippen LogP contribution >= 0.6 is 0 Å². The van der Waals surface area contributed by atoms with E-state index in [1.54, 1.807) is 20.8 Å². The number of ether oxygens (including phenoxy) is 1. The zero-order valence-electron chi connectivity index (χ0n) is 13.4. The number of rotatable bonds is 1. The lowest BCUT2D eigenvalue weighted by Gasteiger charge is -2.18. The van der Waals surface area contributed by atoms with E-state index >= 15 is 0 Å². The Hall–Kier alpha value is -1.40. The molecular weight excluding hydrogens is 300 g/mol. The normalized spacial score (nSPS) is 26.0. The summed E-state index contributed by atoms with van der Waals surface area (Å²) in [6.07, 6.45) is -0.0366. The van der Waals surface area contributed by atoms with Crippen LogP contribution < -0.4 is 5.32 Å². The van der Waals surface area contributed by atoms with E-state index in [9.17, 15) is 9.00 Å². The molecule has 1 N–H and O–H groups in total. The largest absolute Gasteiger partial charge is 0.442 e. The first-order valence-corrected chi connectivity index (χ1v) is 9.37. The number of carbonyl (C=O) groups excluding carboxylic acids is 1. The summed E-state index contributed by atoms with van der Waals surface area (Å²) in [5.41, 5.74) is 0.551. The Labute approximate surface area is 132 Å². The quantitative estimate of drug-likeness (QED) is 0.862. The van der Waals surface area contributed by atoms with Crippen molar-refractivity contribution in [2.45, 2.75) is 38.8 Å². The highest BCUT2D eigenvalue weighted by molar-refractivity contribution is 7.93. The Kier molecular flexibility index (Phi) is 5.24. The molecule has 2 rings (SSSR count). The molecule has 0 saturated carbocycles. The van der Waals surface area contributed by atoms with Crippen molar-refractivity contribution in [2.24, 2.45) is 4.36 Å². The van der Waals surface area contributed by atoms with Crippen molar-refractivity contribution in [3.05, 3.63) is 35.9 Å². The first kappa shape index (κ1) is 17.0. The number of carbonyl (C=O) groups is 1. The van der Waals surface area contributed by atoms with Gasteiger partial charge in [-0.2, -0.15) is 0 Å². The highest BCUT2D eigenvalue weighted by Crippen LogP contribution is 2.21. The fraction of sp³-hybridized carbons (Fsp3) is 0.562. The number of nitrogens with one attached hydrogen (secondary N) is 1. The molecule has 122 valence electrons. The van der Waals surface area contributed by atoms with Crippen LogP contribution in [0.3, 0.4) is 0 Å². The van der Waals surface area contributed by atoms with E-state index in [0.29, 0.717) is 24.5 Å². The number of hydrogen-bond donors (Lipinski definition) is 1. The zero-order valence-corrected chi connectivity index (χ0v) is 14.2. The molecule has 6 heteroatoms. The van der Waals surface area contributed by atoms with Gasteiger partial charge in [-0.15, -0.1) is 4.36 Å². The monoisotopic (exact) mass is 324 g/mol. The Bertz CT molecular complexity index is 629. The molecule has 0 bridgehead atoms. The third kappa shape index (κ3) is 5.10. The number of nitrogens with zero attached hydrogens (tertiary/aromatic N) is 1. The molecule has 2 atom stereocenters. The molecule has 1 amide bonds. The summed E-state index contributed by atoms with van der Waals surface area (Å²) in [5, 5.41) is 3.38. The predicted octanol–water partition coefficient (Wildman–Crippen LogP) is 3.12. The second-order valence-corrected chi connectivity index (χ2v) is 9.00. The third-order valence-corrected chi connectivity index (χ3v) is 5.57. The SMILES string of the molecule is CC(C)(C)OC(=O)N=S1(=O)CCNC(c2ccccc2)CC1. The highest BCUT2D eigenvalue weighted by atomic mass is 32.2. The van der Waals surface area contributed by atoms with Crippen molar-refractivity contribution in [3.8, 4) is 0 Å². The van der Waals surface area contributed by atoms with Crippen LogP contribution in [-0.4, -0.2) is 34.0 Å². The van der Waals surface area contributed by atoms with Gasteiger partial charge in [-0.05, 0) is 32.8 Å². The summed E-state index contributed by atoms with van der Waals surface area (Å²) in [5.74, 6) is 0.772. The van der Waals surface area contributed by atoms with Crippen molar-refractivity contribution in [1.82, 2.24) is 5.32 Å². The average molecular weight is 324 g/mol. The van der Waals surface area contributed by atoms with E-state index in [1.807, 2.05) is 18.2 Å². The summed E-state index contributed by atoms with van der Waals surface area (Å²) >= 11 is 0. The Balaban J connectivity index is 2.08. The zero-order chi connectivity index (χ0) is 16.2. The van der Waals surface area contributed by atoms with Crippen molar-refractivity contribution in [3.63, 3.8) is 0 Å². The molecule has 1 heterocycles. The molecular formula is C16H24N2O3S. The van der Waals surface area contributed by atoms with Crippen LogP contribution in [-0.2, 0) is 14.5 Å². The molecule has 0 aromatic heterocycles. The Morgan fingerprint density at radius 3 is 2.59 bits per heavy atom. The van der Waals surface area contributed by atoms with E-state index in [4.69, 9.17) is 4.74 Å². The first-order valence-electron chi connectivity index (χ1n) is 7.51. The lowest BCUT2D eigenvalue weighted by molar-refractivity contribution is 0.0607. The predicted molar refractivity (Wildman–Crippen MR) is 88.3 cm³/mol. The maximum atomic E-state index is 12.8. The number of hydrogen-bond acceptors (Lipinski definition) is 4. The molecule has 5 nitrogen and oxygen atoms in total. The summed E-state index contributed by atoms with van der Waals surface area (Å²) in [4.78, 5) is 11.8. The van der Waals surface area contributed by atoms with E-state index < -0.39 is 21.4 Å². The summed E-state index contributed by atoms with van der Waals surface area (Å²) in [7, 11) is -2.55. The van der Waals surface area contributed by atoms with E-state index in [2.05, 4.69) is 21.8 Å². The molecule has 1 aromatic carbocycles. The molecule has 22 heavy (non-hydrogen) atoms. The van der Waals surface area contributed by atoms with Gasteiger partial charge in [0.2, 0.25) is 0 Å². The second kappa shape index (κ2) is 6.79. The molecule has 2 unspecified atom stereocenters. The minimum atomic E-state index is -2.55. The third-order valence-electron chi connectivity index (χ3n) is 3.37. The van der Waals surface area contributed by atoms with Gasteiger partial charge in [-0.25, -0.2) is 9.00 Å². The van der Waals surface area contributed by atoms with Crippen LogP contribution in [0, 0.1) is 0 Å². The van der Waals surface area contributed by atoms with Crippen LogP contribution in [0.5, 0.6) is 0 Å². The highest BCUT2D eigenvalue weighted by Gasteiger charge is 2.23. The van der Waals surface area contributed by atoms with Crippen LogP contribution in [0.2, 0.25) is 0 Å². The minimum absolute atomic E-state index is 0.151. The molecule has 0 radical (unpaired) electrons. The lowest BCUT2D eigenvalue weighted by atomic mass is 10.1.